The van der Waals surface area contributed by atoms with Gasteiger partial charge in [-0.1, -0.05) is 18.2 Å². The molecule has 26 heavy (non-hydrogen) atoms. The van der Waals surface area contributed by atoms with Gasteiger partial charge in [-0.3, -0.25) is 0 Å². The molecule has 1 aromatic heterocycles. The maximum absolute atomic E-state index is 5.40. The third-order valence-electron chi connectivity index (χ3n) is 3.86. The lowest BCUT2D eigenvalue weighted by molar-refractivity contribution is 0.395. The van der Waals surface area contributed by atoms with Crippen molar-refractivity contribution in [3.8, 4) is 11.5 Å². The molecular formula is C19H21N5O2. The van der Waals surface area contributed by atoms with Gasteiger partial charge in [0.05, 0.1) is 26.1 Å². The Labute approximate surface area is 152 Å². The van der Waals surface area contributed by atoms with Crippen molar-refractivity contribution in [2.24, 2.45) is 0 Å². The summed E-state index contributed by atoms with van der Waals surface area (Å²) in [6.07, 6.45) is 1.65. The summed E-state index contributed by atoms with van der Waals surface area (Å²) in [6, 6.07) is 15.5. The van der Waals surface area contributed by atoms with Gasteiger partial charge in [0, 0.05) is 18.3 Å². The molecule has 0 saturated heterocycles. The molecule has 0 fully saturated rings. The number of nitrogens with zero attached hydrogens (tertiary/aromatic N) is 4. The number of methoxy groups -OCH3 is 2. The minimum Gasteiger partial charge on any atom is -0.497 e. The van der Waals surface area contributed by atoms with Gasteiger partial charge in [-0.05, 0) is 31.2 Å². The number of ether oxygens (including phenoxy) is 2. The van der Waals surface area contributed by atoms with E-state index in [9.17, 15) is 0 Å². The predicted octanol–water partition coefficient (Wildman–Crippen LogP) is 3.79. The van der Waals surface area contributed by atoms with Crippen LogP contribution in [0.2, 0.25) is 0 Å². The summed E-state index contributed by atoms with van der Waals surface area (Å²) in [5.41, 5.74) is 1.78. The van der Waals surface area contributed by atoms with E-state index in [1.54, 1.807) is 26.5 Å². The number of hydrogen-bond acceptors (Lipinski definition) is 7. The van der Waals surface area contributed by atoms with E-state index in [1.807, 2.05) is 42.5 Å². The standard InChI is InChI=1S/C19H21N5O2/c1-4-24(14-8-6-5-7-9-14)18-13-20-23-19(22-18)21-16-11-10-15(25-2)12-17(16)26-3/h5-13H,4H2,1-3H3,(H,21,22,23). The molecule has 134 valence electrons. The normalized spacial score (nSPS) is 10.3. The first-order valence-corrected chi connectivity index (χ1v) is 8.26. The highest BCUT2D eigenvalue weighted by Gasteiger charge is 2.12. The highest BCUT2D eigenvalue weighted by atomic mass is 16.5. The van der Waals surface area contributed by atoms with Gasteiger partial charge >= 0.3 is 0 Å². The molecule has 2 aromatic carbocycles. The van der Waals surface area contributed by atoms with Gasteiger partial charge in [0.15, 0.2) is 5.82 Å². The molecule has 0 amide bonds. The van der Waals surface area contributed by atoms with Gasteiger partial charge in [-0.15, -0.1) is 5.10 Å². The van der Waals surface area contributed by atoms with E-state index in [1.165, 1.54) is 0 Å². The third-order valence-corrected chi connectivity index (χ3v) is 3.86. The first-order chi connectivity index (χ1) is 12.7. The van der Waals surface area contributed by atoms with Gasteiger partial charge in [0.25, 0.3) is 0 Å². The third kappa shape index (κ3) is 3.83. The second-order valence-corrected chi connectivity index (χ2v) is 5.41. The topological polar surface area (TPSA) is 72.4 Å². The average Bonchev–Trinajstić information content (AvgIpc) is 2.70. The average molecular weight is 351 g/mol. The van der Waals surface area contributed by atoms with Gasteiger partial charge in [-0.25, -0.2) is 0 Å². The summed E-state index contributed by atoms with van der Waals surface area (Å²) < 4.78 is 10.6. The van der Waals surface area contributed by atoms with Crippen LogP contribution in [-0.4, -0.2) is 35.9 Å². The van der Waals surface area contributed by atoms with Crippen LogP contribution in [0.5, 0.6) is 11.5 Å². The molecular weight excluding hydrogens is 330 g/mol. The highest BCUT2D eigenvalue weighted by Crippen LogP contribution is 2.31. The molecule has 0 aliphatic carbocycles. The zero-order chi connectivity index (χ0) is 18.4. The number of para-hydroxylation sites is 1. The predicted molar refractivity (Wildman–Crippen MR) is 102 cm³/mol. The van der Waals surface area contributed by atoms with Crippen LogP contribution in [0.1, 0.15) is 6.92 Å². The SMILES string of the molecule is CCN(c1ccccc1)c1cnnc(Nc2ccc(OC)cc2OC)n1. The fourth-order valence-corrected chi connectivity index (χ4v) is 2.58. The van der Waals surface area contributed by atoms with Gasteiger partial charge in [0.2, 0.25) is 5.95 Å². The molecule has 0 bridgehead atoms. The molecule has 7 heteroatoms. The van der Waals surface area contributed by atoms with E-state index >= 15 is 0 Å². The Kier molecular flexibility index (Phi) is 5.48. The summed E-state index contributed by atoms with van der Waals surface area (Å²) in [6.45, 7) is 2.82. The van der Waals surface area contributed by atoms with Crippen LogP contribution in [0.15, 0.2) is 54.7 Å². The van der Waals surface area contributed by atoms with Gasteiger partial charge in [-0.2, -0.15) is 10.1 Å². The number of nitrogens with one attached hydrogen (secondary N) is 1. The first kappa shape index (κ1) is 17.5. The Morgan fingerprint density at radius 2 is 1.85 bits per heavy atom. The smallest absolute Gasteiger partial charge is 0.249 e. The van der Waals surface area contributed by atoms with Crippen LogP contribution in [0.25, 0.3) is 0 Å². The quantitative estimate of drug-likeness (QED) is 0.694. The maximum Gasteiger partial charge on any atom is 0.249 e. The van der Waals surface area contributed by atoms with Crippen molar-refractivity contribution in [3.05, 3.63) is 54.7 Å². The van der Waals surface area contributed by atoms with Crippen LogP contribution >= 0.6 is 0 Å². The summed E-state index contributed by atoms with van der Waals surface area (Å²) in [7, 11) is 3.21. The van der Waals surface area contributed by atoms with E-state index in [2.05, 4.69) is 32.3 Å². The van der Waals surface area contributed by atoms with Crippen molar-refractivity contribution in [1.82, 2.24) is 15.2 Å². The van der Waals surface area contributed by atoms with Crippen molar-refractivity contribution in [3.63, 3.8) is 0 Å². The molecule has 1 heterocycles. The van der Waals surface area contributed by atoms with E-state index in [-0.39, 0.29) is 0 Å². The zero-order valence-corrected chi connectivity index (χ0v) is 15.0. The molecule has 1 N–H and O–H groups in total. The van der Waals surface area contributed by atoms with Crippen LogP contribution in [0, 0.1) is 0 Å². The lowest BCUT2D eigenvalue weighted by Crippen LogP contribution is -2.18. The van der Waals surface area contributed by atoms with E-state index in [4.69, 9.17) is 9.47 Å². The molecule has 3 aromatic rings. The largest absolute Gasteiger partial charge is 0.497 e. The number of anilines is 4. The van der Waals surface area contributed by atoms with Crippen LogP contribution in [0.4, 0.5) is 23.1 Å². The van der Waals surface area contributed by atoms with E-state index in [0.717, 1.165) is 17.9 Å². The molecule has 0 atom stereocenters. The molecule has 7 nitrogen and oxygen atoms in total. The van der Waals surface area contributed by atoms with Crippen molar-refractivity contribution in [1.29, 1.82) is 0 Å². The Bertz CT molecular complexity index is 858. The molecule has 3 rings (SSSR count). The monoisotopic (exact) mass is 351 g/mol. The summed E-state index contributed by atoms with van der Waals surface area (Å²) >= 11 is 0. The molecule has 0 saturated carbocycles. The van der Waals surface area contributed by atoms with Crippen LogP contribution in [0.3, 0.4) is 0 Å². The Morgan fingerprint density at radius 3 is 2.54 bits per heavy atom. The van der Waals surface area contributed by atoms with Crippen molar-refractivity contribution < 1.29 is 9.47 Å². The van der Waals surface area contributed by atoms with Crippen molar-refractivity contribution >= 4 is 23.1 Å². The lowest BCUT2D eigenvalue weighted by Gasteiger charge is -2.21. The Balaban J connectivity index is 1.88. The maximum atomic E-state index is 5.40. The highest BCUT2D eigenvalue weighted by molar-refractivity contribution is 5.66. The first-order valence-electron chi connectivity index (χ1n) is 8.26. The minimum absolute atomic E-state index is 0.389. The fraction of sp³-hybridized carbons (Fsp3) is 0.211. The molecule has 0 radical (unpaired) electrons. The molecule has 0 aliphatic rings. The molecule has 0 unspecified atom stereocenters. The van der Waals surface area contributed by atoms with Crippen molar-refractivity contribution in [2.75, 3.05) is 31.0 Å². The number of hydrogen-bond donors (Lipinski definition) is 1. The van der Waals surface area contributed by atoms with Gasteiger partial charge in [0.1, 0.15) is 11.5 Å². The Hall–Kier alpha value is -3.35. The number of rotatable bonds is 7. The van der Waals surface area contributed by atoms with Crippen LogP contribution < -0.4 is 19.7 Å². The second kappa shape index (κ2) is 8.15. The van der Waals surface area contributed by atoms with E-state index in [0.29, 0.717) is 23.3 Å². The zero-order valence-electron chi connectivity index (χ0n) is 15.0. The minimum atomic E-state index is 0.389. The number of benzene rings is 2. The van der Waals surface area contributed by atoms with Gasteiger partial charge < -0.3 is 19.7 Å². The summed E-state index contributed by atoms with van der Waals surface area (Å²) in [5, 5.41) is 11.3. The van der Waals surface area contributed by atoms with E-state index < -0.39 is 0 Å². The second-order valence-electron chi connectivity index (χ2n) is 5.41. The van der Waals surface area contributed by atoms with Crippen LogP contribution in [-0.2, 0) is 0 Å². The summed E-state index contributed by atoms with van der Waals surface area (Å²) in [4.78, 5) is 6.65. The lowest BCUT2D eigenvalue weighted by atomic mass is 10.2. The molecule has 0 aliphatic heterocycles. The van der Waals surface area contributed by atoms with Crippen molar-refractivity contribution in [2.45, 2.75) is 6.92 Å². The Morgan fingerprint density at radius 1 is 1.04 bits per heavy atom. The fourth-order valence-electron chi connectivity index (χ4n) is 2.58. The summed E-state index contributed by atoms with van der Waals surface area (Å²) in [5.74, 6) is 2.44. The number of aromatic nitrogens is 3. The molecule has 0 spiro atoms.